The molecule has 0 aromatic carbocycles. The van der Waals surface area contributed by atoms with Crippen molar-refractivity contribution in [3.63, 3.8) is 0 Å². The number of hydrogen-bond acceptors (Lipinski definition) is 3. The summed E-state index contributed by atoms with van der Waals surface area (Å²) in [5.41, 5.74) is 0. The predicted molar refractivity (Wildman–Crippen MR) is 54.9 cm³/mol. The van der Waals surface area contributed by atoms with Gasteiger partial charge in [0.25, 0.3) is 0 Å². The Morgan fingerprint density at radius 3 is 2.92 bits per heavy atom. The van der Waals surface area contributed by atoms with Gasteiger partial charge < -0.3 is 0 Å². The lowest BCUT2D eigenvalue weighted by molar-refractivity contribution is 0.772. The van der Waals surface area contributed by atoms with Crippen LogP contribution < -0.4 is 0 Å². The van der Waals surface area contributed by atoms with Gasteiger partial charge in [-0.2, -0.15) is 16.9 Å². The molecule has 2 rings (SSSR count). The van der Waals surface area contributed by atoms with Gasteiger partial charge in [0.1, 0.15) is 5.82 Å². The van der Waals surface area contributed by atoms with Gasteiger partial charge in [0.05, 0.1) is 5.25 Å². The SMILES string of the molecule is CC(C)c1n[nH]c(C2CCCS2)n1. The van der Waals surface area contributed by atoms with Crippen LogP contribution in [0.1, 0.15) is 49.5 Å². The molecule has 72 valence electrons. The maximum atomic E-state index is 4.50. The van der Waals surface area contributed by atoms with Crippen LogP contribution >= 0.6 is 11.8 Å². The van der Waals surface area contributed by atoms with Gasteiger partial charge in [-0.15, -0.1) is 0 Å². The van der Waals surface area contributed by atoms with E-state index in [0.29, 0.717) is 11.2 Å². The van der Waals surface area contributed by atoms with E-state index in [1.54, 1.807) is 0 Å². The second kappa shape index (κ2) is 3.70. The lowest BCUT2D eigenvalue weighted by Crippen LogP contribution is -1.93. The Bertz CT molecular complexity index is 276. The number of rotatable bonds is 2. The van der Waals surface area contributed by atoms with Crippen LogP contribution in [0.25, 0.3) is 0 Å². The largest absolute Gasteiger partial charge is 0.262 e. The van der Waals surface area contributed by atoms with E-state index in [-0.39, 0.29) is 0 Å². The van der Waals surface area contributed by atoms with Gasteiger partial charge in [-0.3, -0.25) is 5.10 Å². The highest BCUT2D eigenvalue weighted by atomic mass is 32.2. The van der Waals surface area contributed by atoms with E-state index in [4.69, 9.17) is 0 Å². The van der Waals surface area contributed by atoms with Crippen molar-refractivity contribution >= 4 is 11.8 Å². The molecule has 1 aromatic rings. The van der Waals surface area contributed by atoms with Crippen LogP contribution in [0.3, 0.4) is 0 Å². The summed E-state index contributed by atoms with van der Waals surface area (Å²) < 4.78 is 0. The molecule has 1 fully saturated rings. The molecule has 4 heteroatoms. The first-order chi connectivity index (χ1) is 6.27. The summed E-state index contributed by atoms with van der Waals surface area (Å²) in [4.78, 5) is 4.50. The summed E-state index contributed by atoms with van der Waals surface area (Å²) in [5.74, 6) is 3.72. The van der Waals surface area contributed by atoms with Gasteiger partial charge in [0, 0.05) is 5.92 Å². The highest BCUT2D eigenvalue weighted by Crippen LogP contribution is 2.38. The summed E-state index contributed by atoms with van der Waals surface area (Å²) >= 11 is 1.99. The fraction of sp³-hybridized carbons (Fsp3) is 0.778. The molecular formula is C9H15N3S. The molecule has 1 unspecified atom stereocenters. The fourth-order valence-electron chi connectivity index (χ4n) is 1.48. The third-order valence-corrected chi connectivity index (χ3v) is 3.66. The van der Waals surface area contributed by atoms with Crippen molar-refractivity contribution in [2.75, 3.05) is 5.75 Å². The van der Waals surface area contributed by atoms with Crippen molar-refractivity contribution in [3.8, 4) is 0 Å². The average molecular weight is 197 g/mol. The number of aromatic amines is 1. The quantitative estimate of drug-likeness (QED) is 0.792. The van der Waals surface area contributed by atoms with Crippen molar-refractivity contribution in [1.82, 2.24) is 15.2 Å². The van der Waals surface area contributed by atoms with Crippen molar-refractivity contribution in [2.45, 2.75) is 37.9 Å². The number of thioether (sulfide) groups is 1. The van der Waals surface area contributed by atoms with E-state index in [2.05, 4.69) is 29.0 Å². The smallest absolute Gasteiger partial charge is 0.153 e. The van der Waals surface area contributed by atoms with Crippen LogP contribution in [0.15, 0.2) is 0 Å². The molecule has 0 amide bonds. The first kappa shape index (κ1) is 9.06. The molecule has 3 nitrogen and oxygen atoms in total. The van der Waals surface area contributed by atoms with E-state index < -0.39 is 0 Å². The zero-order valence-electron chi connectivity index (χ0n) is 8.08. The highest BCUT2D eigenvalue weighted by Gasteiger charge is 2.21. The van der Waals surface area contributed by atoms with Crippen LogP contribution in [0, 0.1) is 0 Å². The maximum Gasteiger partial charge on any atom is 0.153 e. The molecule has 1 saturated heterocycles. The Balaban J connectivity index is 2.12. The number of nitrogens with one attached hydrogen (secondary N) is 1. The number of aromatic nitrogens is 3. The summed E-state index contributed by atoms with van der Waals surface area (Å²) in [5, 5.41) is 7.83. The van der Waals surface area contributed by atoms with Crippen LogP contribution in [-0.4, -0.2) is 20.9 Å². The molecule has 0 bridgehead atoms. The topological polar surface area (TPSA) is 41.6 Å². The molecule has 1 N–H and O–H groups in total. The van der Waals surface area contributed by atoms with Gasteiger partial charge in [-0.1, -0.05) is 13.8 Å². The Morgan fingerprint density at radius 1 is 1.54 bits per heavy atom. The number of nitrogens with zero attached hydrogens (tertiary/aromatic N) is 2. The molecule has 13 heavy (non-hydrogen) atoms. The molecule has 0 aliphatic carbocycles. The zero-order valence-corrected chi connectivity index (χ0v) is 8.90. The standard InChI is InChI=1S/C9H15N3S/c1-6(2)8-10-9(12-11-8)7-4-3-5-13-7/h6-7H,3-5H2,1-2H3,(H,10,11,12). The molecule has 1 aromatic heterocycles. The zero-order chi connectivity index (χ0) is 9.26. The Hall–Kier alpha value is -0.510. The van der Waals surface area contributed by atoms with Crippen LogP contribution in [0.5, 0.6) is 0 Å². The summed E-state index contributed by atoms with van der Waals surface area (Å²) in [6, 6.07) is 0. The minimum absolute atomic E-state index is 0.427. The van der Waals surface area contributed by atoms with Crippen LogP contribution in [0.4, 0.5) is 0 Å². The Labute approximate surface area is 82.7 Å². The Kier molecular flexibility index (Phi) is 2.58. The van der Waals surface area contributed by atoms with Crippen LogP contribution in [-0.2, 0) is 0 Å². The van der Waals surface area contributed by atoms with E-state index in [1.807, 2.05) is 11.8 Å². The van der Waals surface area contributed by atoms with Crippen molar-refractivity contribution in [3.05, 3.63) is 11.6 Å². The van der Waals surface area contributed by atoms with Crippen LogP contribution in [0.2, 0.25) is 0 Å². The summed E-state index contributed by atoms with van der Waals surface area (Å²) in [6.07, 6.45) is 2.56. The molecule has 2 heterocycles. The maximum absolute atomic E-state index is 4.50. The van der Waals surface area contributed by atoms with Gasteiger partial charge in [-0.05, 0) is 18.6 Å². The van der Waals surface area contributed by atoms with Gasteiger partial charge >= 0.3 is 0 Å². The number of H-pyrrole nitrogens is 1. The molecule has 1 atom stereocenters. The molecule has 1 aliphatic rings. The van der Waals surface area contributed by atoms with Gasteiger partial charge in [-0.25, -0.2) is 4.98 Å². The lowest BCUT2D eigenvalue weighted by Gasteiger charge is -2.01. The highest BCUT2D eigenvalue weighted by molar-refractivity contribution is 7.99. The second-order valence-corrected chi connectivity index (χ2v) is 5.05. The fourth-order valence-corrected chi connectivity index (χ4v) is 2.70. The second-order valence-electron chi connectivity index (χ2n) is 3.74. The number of hydrogen-bond donors (Lipinski definition) is 1. The van der Waals surface area contributed by atoms with E-state index in [0.717, 1.165) is 11.6 Å². The van der Waals surface area contributed by atoms with E-state index in [9.17, 15) is 0 Å². The van der Waals surface area contributed by atoms with Crippen molar-refractivity contribution < 1.29 is 0 Å². The van der Waals surface area contributed by atoms with Crippen molar-refractivity contribution in [1.29, 1.82) is 0 Å². The molecule has 0 spiro atoms. The molecule has 1 aliphatic heterocycles. The minimum Gasteiger partial charge on any atom is -0.262 e. The predicted octanol–water partition coefficient (Wildman–Crippen LogP) is 2.50. The monoisotopic (exact) mass is 197 g/mol. The third-order valence-electron chi connectivity index (χ3n) is 2.27. The lowest BCUT2D eigenvalue weighted by atomic mass is 10.2. The third kappa shape index (κ3) is 1.88. The normalized spacial score (nSPS) is 22.8. The van der Waals surface area contributed by atoms with E-state index in [1.165, 1.54) is 18.6 Å². The first-order valence-corrected chi connectivity index (χ1v) is 5.86. The van der Waals surface area contributed by atoms with Crippen molar-refractivity contribution in [2.24, 2.45) is 0 Å². The molecule has 0 saturated carbocycles. The first-order valence-electron chi connectivity index (χ1n) is 4.81. The summed E-state index contributed by atoms with van der Waals surface area (Å²) in [7, 11) is 0. The molecular weight excluding hydrogens is 182 g/mol. The van der Waals surface area contributed by atoms with E-state index >= 15 is 0 Å². The summed E-state index contributed by atoms with van der Waals surface area (Å²) in [6.45, 7) is 4.24. The van der Waals surface area contributed by atoms with Gasteiger partial charge in [0.2, 0.25) is 0 Å². The Morgan fingerprint density at radius 2 is 2.38 bits per heavy atom. The minimum atomic E-state index is 0.427. The van der Waals surface area contributed by atoms with Gasteiger partial charge in [0.15, 0.2) is 5.82 Å². The average Bonchev–Trinajstić information content (AvgIpc) is 2.75. The molecule has 0 radical (unpaired) electrons.